The van der Waals surface area contributed by atoms with Crippen LogP contribution in [0.5, 0.6) is 0 Å². The first-order chi connectivity index (χ1) is 12.6. The van der Waals surface area contributed by atoms with Crippen LogP contribution in [0.1, 0.15) is 5.56 Å². The van der Waals surface area contributed by atoms with Gasteiger partial charge in [-0.1, -0.05) is 54.3 Å². The molecule has 0 bridgehead atoms. The number of carbonyl (C=O) groups excluding carboxylic acids is 2. The second-order valence-corrected chi connectivity index (χ2v) is 7.80. The van der Waals surface area contributed by atoms with Gasteiger partial charge in [0.1, 0.15) is 10.9 Å². The number of hydrogen-bond donors (Lipinski definition) is 1. The molecule has 0 radical (unpaired) electrons. The van der Waals surface area contributed by atoms with Crippen LogP contribution in [-0.4, -0.2) is 81.8 Å². The monoisotopic (exact) mass is 391 g/mol. The summed E-state index contributed by atoms with van der Waals surface area (Å²) >= 11 is 6.54. The number of aliphatic hydroxyl groups is 1. The number of amides is 2. The van der Waals surface area contributed by atoms with Crippen molar-refractivity contribution in [1.82, 2.24) is 14.7 Å². The highest BCUT2D eigenvalue weighted by Gasteiger charge is 2.34. The Bertz CT molecular complexity index is 716. The zero-order valence-electron chi connectivity index (χ0n) is 14.3. The Balaban J connectivity index is 1.60. The van der Waals surface area contributed by atoms with Gasteiger partial charge in [0.15, 0.2) is 0 Å². The van der Waals surface area contributed by atoms with Gasteiger partial charge in [-0.3, -0.25) is 19.4 Å². The first kappa shape index (κ1) is 19.0. The van der Waals surface area contributed by atoms with E-state index >= 15 is 0 Å². The van der Waals surface area contributed by atoms with Gasteiger partial charge in [-0.15, -0.1) is 0 Å². The quantitative estimate of drug-likeness (QED) is 0.597. The maximum Gasteiger partial charge on any atom is 0.266 e. The third-order valence-electron chi connectivity index (χ3n) is 4.41. The standard InChI is InChI=1S/C18H21N3O3S2/c22-11-10-19-6-8-20(9-7-19)16(23)13-21-17(24)15(26-18(21)25)12-14-4-2-1-3-5-14/h1-5,12,22H,6-11,13H2/b15-12-. The van der Waals surface area contributed by atoms with Crippen LogP contribution in [0.25, 0.3) is 6.08 Å². The van der Waals surface area contributed by atoms with Crippen LogP contribution in [0.15, 0.2) is 35.2 Å². The smallest absolute Gasteiger partial charge is 0.266 e. The molecule has 0 saturated carbocycles. The fraction of sp³-hybridized carbons (Fsp3) is 0.389. The molecule has 2 aliphatic heterocycles. The summed E-state index contributed by atoms with van der Waals surface area (Å²) in [5.74, 6) is -0.304. The van der Waals surface area contributed by atoms with Gasteiger partial charge in [-0.2, -0.15) is 0 Å². The molecule has 1 aromatic carbocycles. The van der Waals surface area contributed by atoms with E-state index in [9.17, 15) is 9.59 Å². The summed E-state index contributed by atoms with van der Waals surface area (Å²) in [4.78, 5) is 31.0. The second-order valence-electron chi connectivity index (χ2n) is 6.12. The molecule has 2 fully saturated rings. The number of thioether (sulfide) groups is 1. The summed E-state index contributed by atoms with van der Waals surface area (Å²) in [6.07, 6.45) is 1.80. The largest absolute Gasteiger partial charge is 0.395 e. The number of rotatable bonds is 5. The summed E-state index contributed by atoms with van der Waals surface area (Å²) in [7, 11) is 0. The fourth-order valence-electron chi connectivity index (χ4n) is 2.93. The van der Waals surface area contributed by atoms with Crippen molar-refractivity contribution in [3.05, 3.63) is 40.8 Å². The second kappa shape index (κ2) is 8.77. The Labute approximate surface area is 162 Å². The summed E-state index contributed by atoms with van der Waals surface area (Å²) in [6, 6.07) is 9.58. The van der Waals surface area contributed by atoms with Crippen molar-refractivity contribution in [1.29, 1.82) is 0 Å². The summed E-state index contributed by atoms with van der Waals surface area (Å²) in [5.41, 5.74) is 0.930. The van der Waals surface area contributed by atoms with Crippen molar-refractivity contribution >= 4 is 46.2 Å². The van der Waals surface area contributed by atoms with E-state index in [1.165, 1.54) is 16.7 Å². The Morgan fingerprint density at radius 2 is 1.88 bits per heavy atom. The van der Waals surface area contributed by atoms with Crippen molar-refractivity contribution in [2.45, 2.75) is 0 Å². The van der Waals surface area contributed by atoms with Crippen LogP contribution in [0.2, 0.25) is 0 Å². The van der Waals surface area contributed by atoms with E-state index in [1.54, 1.807) is 11.0 Å². The van der Waals surface area contributed by atoms with Gasteiger partial charge in [-0.05, 0) is 11.6 Å². The highest BCUT2D eigenvalue weighted by Crippen LogP contribution is 2.32. The molecule has 0 aromatic heterocycles. The Kier molecular flexibility index (Phi) is 6.42. The Hall–Kier alpha value is -1.74. The average Bonchev–Trinajstić information content (AvgIpc) is 2.91. The lowest BCUT2D eigenvalue weighted by Gasteiger charge is -2.35. The van der Waals surface area contributed by atoms with Crippen molar-refractivity contribution in [2.75, 3.05) is 45.9 Å². The van der Waals surface area contributed by atoms with E-state index in [-0.39, 0.29) is 25.0 Å². The third kappa shape index (κ3) is 4.50. The molecule has 2 amide bonds. The minimum atomic E-state index is -0.212. The van der Waals surface area contributed by atoms with Crippen LogP contribution in [0.4, 0.5) is 0 Å². The van der Waals surface area contributed by atoms with E-state index in [0.29, 0.717) is 28.9 Å². The van der Waals surface area contributed by atoms with E-state index in [2.05, 4.69) is 4.90 Å². The number of carbonyl (C=O) groups is 2. The number of nitrogens with zero attached hydrogens (tertiary/aromatic N) is 3. The zero-order chi connectivity index (χ0) is 18.5. The highest BCUT2D eigenvalue weighted by atomic mass is 32.2. The minimum Gasteiger partial charge on any atom is -0.395 e. The van der Waals surface area contributed by atoms with Crippen LogP contribution in [0.3, 0.4) is 0 Å². The van der Waals surface area contributed by atoms with Gasteiger partial charge < -0.3 is 10.0 Å². The van der Waals surface area contributed by atoms with Crippen molar-refractivity contribution in [3.63, 3.8) is 0 Å². The fourth-order valence-corrected chi connectivity index (χ4v) is 4.19. The van der Waals surface area contributed by atoms with E-state index < -0.39 is 0 Å². The lowest BCUT2D eigenvalue weighted by molar-refractivity contribution is -0.136. The molecule has 0 unspecified atom stereocenters. The SMILES string of the molecule is O=C(CN1C(=O)/C(=C/c2ccccc2)SC1=S)N1CCN(CCO)CC1. The molecule has 2 saturated heterocycles. The first-order valence-corrected chi connectivity index (χ1v) is 9.72. The van der Waals surface area contributed by atoms with Gasteiger partial charge in [0, 0.05) is 32.7 Å². The molecular formula is C18H21N3O3S2. The molecule has 2 heterocycles. The van der Waals surface area contributed by atoms with Crippen LogP contribution >= 0.6 is 24.0 Å². The van der Waals surface area contributed by atoms with E-state index in [0.717, 1.165) is 18.7 Å². The molecule has 0 aliphatic carbocycles. The maximum absolute atomic E-state index is 12.6. The number of β-amino-alcohol motifs (C(OH)–C–C–N with tert-alkyl or cyclic N) is 1. The first-order valence-electron chi connectivity index (χ1n) is 8.50. The molecule has 3 rings (SSSR count). The van der Waals surface area contributed by atoms with Crippen molar-refractivity contribution in [2.24, 2.45) is 0 Å². The number of thiocarbonyl (C=S) groups is 1. The molecule has 138 valence electrons. The zero-order valence-corrected chi connectivity index (χ0v) is 16.0. The average molecular weight is 392 g/mol. The molecule has 0 spiro atoms. The summed E-state index contributed by atoms with van der Waals surface area (Å²) in [5, 5.41) is 8.98. The number of piperazine rings is 1. The normalized spacial score (nSPS) is 20.3. The van der Waals surface area contributed by atoms with Crippen LogP contribution < -0.4 is 0 Å². The molecule has 0 atom stereocenters. The molecule has 6 nitrogen and oxygen atoms in total. The van der Waals surface area contributed by atoms with Gasteiger partial charge >= 0.3 is 0 Å². The Morgan fingerprint density at radius 1 is 1.19 bits per heavy atom. The predicted octanol–water partition coefficient (Wildman–Crippen LogP) is 1.02. The summed E-state index contributed by atoms with van der Waals surface area (Å²) < 4.78 is 0.421. The third-order valence-corrected chi connectivity index (χ3v) is 5.78. The minimum absolute atomic E-state index is 0.0171. The number of benzene rings is 1. The lowest BCUT2D eigenvalue weighted by atomic mass is 10.2. The molecule has 2 aliphatic rings. The molecular weight excluding hydrogens is 370 g/mol. The van der Waals surface area contributed by atoms with E-state index in [4.69, 9.17) is 17.3 Å². The van der Waals surface area contributed by atoms with Gasteiger partial charge in [0.05, 0.1) is 11.5 Å². The lowest BCUT2D eigenvalue weighted by Crippen LogP contribution is -2.52. The van der Waals surface area contributed by atoms with Gasteiger partial charge in [-0.25, -0.2) is 0 Å². The number of aliphatic hydroxyl groups excluding tert-OH is 1. The predicted molar refractivity (Wildman–Crippen MR) is 106 cm³/mol. The highest BCUT2D eigenvalue weighted by molar-refractivity contribution is 8.26. The van der Waals surface area contributed by atoms with Crippen molar-refractivity contribution in [3.8, 4) is 0 Å². The van der Waals surface area contributed by atoms with Gasteiger partial charge in [0.2, 0.25) is 5.91 Å². The molecule has 8 heteroatoms. The van der Waals surface area contributed by atoms with Gasteiger partial charge in [0.25, 0.3) is 5.91 Å². The van der Waals surface area contributed by atoms with E-state index in [1.807, 2.05) is 30.3 Å². The van der Waals surface area contributed by atoms with Crippen LogP contribution in [-0.2, 0) is 9.59 Å². The number of hydrogen-bond acceptors (Lipinski definition) is 6. The summed E-state index contributed by atoms with van der Waals surface area (Å²) in [6.45, 7) is 3.41. The van der Waals surface area contributed by atoms with Crippen LogP contribution in [0, 0.1) is 0 Å². The Morgan fingerprint density at radius 3 is 2.54 bits per heavy atom. The maximum atomic E-state index is 12.6. The molecule has 26 heavy (non-hydrogen) atoms. The molecule has 1 aromatic rings. The topological polar surface area (TPSA) is 64.1 Å². The molecule has 1 N–H and O–H groups in total. The van der Waals surface area contributed by atoms with Crippen molar-refractivity contribution < 1.29 is 14.7 Å².